The number of H-pyrrole nitrogens is 1. The molecule has 0 bridgehead atoms. The van der Waals surface area contributed by atoms with Gasteiger partial charge in [-0.05, 0) is 52.5 Å². The largest absolute Gasteiger partial charge is 0.482 e. The van der Waals surface area contributed by atoms with Gasteiger partial charge in [0.2, 0.25) is 5.88 Å². The minimum absolute atomic E-state index is 0.0656. The Bertz CT molecular complexity index is 1070. The van der Waals surface area contributed by atoms with Crippen molar-refractivity contribution in [3.8, 4) is 17.8 Å². The summed E-state index contributed by atoms with van der Waals surface area (Å²) in [5.41, 5.74) is -1.18. The van der Waals surface area contributed by atoms with E-state index in [0.29, 0.717) is 24.8 Å². The van der Waals surface area contributed by atoms with Gasteiger partial charge in [0, 0.05) is 6.07 Å². The van der Waals surface area contributed by atoms with Gasteiger partial charge >= 0.3 is 0 Å². The molecule has 194 valence electrons. The van der Waals surface area contributed by atoms with E-state index < -0.39 is 17.1 Å². The average molecular weight is 496 g/mol. The molecule has 2 aromatic carbocycles. The third-order valence-corrected chi connectivity index (χ3v) is 4.99. The van der Waals surface area contributed by atoms with Crippen LogP contribution in [0.15, 0.2) is 77.6 Å². The molecule has 0 unspecified atom stereocenters. The Morgan fingerprint density at radius 2 is 1.50 bits per heavy atom. The Morgan fingerprint density at radius 3 is 1.86 bits per heavy atom. The first-order valence-corrected chi connectivity index (χ1v) is 11.5. The third kappa shape index (κ3) is 9.92. The zero-order valence-electron chi connectivity index (χ0n) is 21.6. The van der Waals surface area contributed by atoms with Crippen LogP contribution in [0.2, 0.25) is 0 Å². The standard InChI is InChI=1S/C12H17NO5.C7H5N.C6H6.C3H9N/c1-17-9-6-7(14)10(11(13-9)18-2)12(16)5-3-4-8(12)15;8-6-7-4-2-1-3-5-7;1-2-4-6-5-3-1;1-4(2)3/h6,8,15-16H,3-5H2,1-2H3,(H,13,14);1-5H;1-6H;1-3H3/t8-,12+;;;/m0.../s1. The fourth-order valence-electron chi connectivity index (χ4n) is 3.35. The highest BCUT2D eigenvalue weighted by atomic mass is 16.5. The fourth-order valence-corrected chi connectivity index (χ4v) is 3.35. The number of pyridine rings is 1. The lowest BCUT2D eigenvalue weighted by molar-refractivity contribution is -0.0603. The number of rotatable bonds is 3. The second-order valence-electron chi connectivity index (χ2n) is 8.42. The number of aromatic amines is 1. The number of nitrogens with zero attached hydrogens (tertiary/aromatic N) is 2. The molecule has 0 amide bonds. The first-order valence-electron chi connectivity index (χ1n) is 11.5. The van der Waals surface area contributed by atoms with Crippen molar-refractivity contribution in [2.45, 2.75) is 31.0 Å². The van der Waals surface area contributed by atoms with Crippen LogP contribution in [-0.4, -0.2) is 61.6 Å². The van der Waals surface area contributed by atoms with E-state index >= 15 is 0 Å². The fraction of sp³-hybridized carbons (Fsp3) is 0.357. The van der Waals surface area contributed by atoms with E-state index in [0.717, 1.165) is 0 Å². The molecule has 0 radical (unpaired) electrons. The number of ether oxygens (including phenoxy) is 2. The zero-order valence-corrected chi connectivity index (χ0v) is 21.6. The second-order valence-corrected chi connectivity index (χ2v) is 8.42. The van der Waals surface area contributed by atoms with Crippen LogP contribution in [0.1, 0.15) is 30.4 Å². The van der Waals surface area contributed by atoms with E-state index in [9.17, 15) is 15.0 Å². The highest BCUT2D eigenvalue weighted by Crippen LogP contribution is 2.40. The molecule has 3 aromatic rings. The van der Waals surface area contributed by atoms with Crippen molar-refractivity contribution >= 4 is 0 Å². The van der Waals surface area contributed by atoms with E-state index in [1.807, 2.05) is 86.7 Å². The minimum atomic E-state index is -1.55. The maximum Gasteiger partial charge on any atom is 0.203 e. The molecular weight excluding hydrogens is 458 g/mol. The summed E-state index contributed by atoms with van der Waals surface area (Å²) in [5.74, 6) is 0.375. The summed E-state index contributed by atoms with van der Waals surface area (Å²) in [6, 6.07) is 24.4. The Hall–Kier alpha value is -3.64. The van der Waals surface area contributed by atoms with Crippen LogP contribution in [-0.2, 0) is 5.60 Å². The molecule has 0 saturated heterocycles. The van der Waals surface area contributed by atoms with Gasteiger partial charge < -0.3 is 24.6 Å². The summed E-state index contributed by atoms with van der Waals surface area (Å²) in [5, 5.41) is 28.7. The number of aliphatic hydroxyl groups excluding tert-OH is 1. The van der Waals surface area contributed by atoms with E-state index in [1.165, 1.54) is 20.3 Å². The molecular formula is C28H37N3O5. The first-order chi connectivity index (χ1) is 17.2. The predicted octanol–water partition coefficient (Wildman–Crippen LogP) is 3.55. The molecule has 3 N–H and O–H groups in total. The van der Waals surface area contributed by atoms with Crippen molar-refractivity contribution in [1.82, 2.24) is 9.88 Å². The molecule has 0 spiro atoms. The van der Waals surface area contributed by atoms with Crippen LogP contribution >= 0.6 is 0 Å². The van der Waals surface area contributed by atoms with E-state index in [4.69, 9.17) is 14.7 Å². The lowest BCUT2D eigenvalue weighted by Crippen LogP contribution is -2.39. The average Bonchev–Trinajstić information content (AvgIpc) is 3.23. The highest BCUT2D eigenvalue weighted by Gasteiger charge is 2.45. The van der Waals surface area contributed by atoms with Crippen molar-refractivity contribution in [3.05, 3.63) is 94.1 Å². The van der Waals surface area contributed by atoms with Crippen LogP contribution in [0.3, 0.4) is 0 Å². The molecule has 1 aliphatic carbocycles. The minimum Gasteiger partial charge on any atom is -0.482 e. The number of aromatic nitrogens is 1. The Kier molecular flexibility index (Phi) is 13.6. The number of methoxy groups -OCH3 is 2. The lowest BCUT2D eigenvalue weighted by Gasteiger charge is -2.27. The summed E-state index contributed by atoms with van der Waals surface area (Å²) in [4.78, 5) is 16.8. The number of hydrogen-bond acceptors (Lipinski definition) is 7. The summed E-state index contributed by atoms with van der Waals surface area (Å²) in [6.45, 7) is 0. The van der Waals surface area contributed by atoms with Crippen LogP contribution in [0.5, 0.6) is 11.8 Å². The van der Waals surface area contributed by atoms with Crippen LogP contribution in [0, 0.1) is 11.3 Å². The molecule has 1 aromatic heterocycles. The Labute approximate surface area is 213 Å². The van der Waals surface area contributed by atoms with Crippen molar-refractivity contribution < 1.29 is 19.7 Å². The second kappa shape index (κ2) is 16.1. The number of nitriles is 1. The van der Waals surface area contributed by atoms with Gasteiger partial charge in [-0.25, -0.2) is 0 Å². The molecule has 2 atom stereocenters. The summed E-state index contributed by atoms with van der Waals surface area (Å²) < 4.78 is 10.0. The molecule has 4 rings (SSSR count). The van der Waals surface area contributed by atoms with Gasteiger partial charge in [-0.3, -0.25) is 9.78 Å². The quantitative estimate of drug-likeness (QED) is 0.508. The third-order valence-electron chi connectivity index (χ3n) is 4.99. The summed E-state index contributed by atoms with van der Waals surface area (Å²) >= 11 is 0. The molecule has 36 heavy (non-hydrogen) atoms. The van der Waals surface area contributed by atoms with E-state index in [2.05, 4.69) is 4.98 Å². The Balaban J connectivity index is 0.000000294. The van der Waals surface area contributed by atoms with Crippen LogP contribution < -0.4 is 14.9 Å². The van der Waals surface area contributed by atoms with Gasteiger partial charge in [0.1, 0.15) is 5.60 Å². The predicted molar refractivity (Wildman–Crippen MR) is 141 cm³/mol. The lowest BCUT2D eigenvalue weighted by atomic mass is 9.90. The monoisotopic (exact) mass is 495 g/mol. The number of aliphatic hydroxyl groups is 2. The van der Waals surface area contributed by atoms with Crippen molar-refractivity contribution in [1.29, 1.82) is 5.26 Å². The summed E-state index contributed by atoms with van der Waals surface area (Å²) in [6.07, 6.45) is 0.498. The summed E-state index contributed by atoms with van der Waals surface area (Å²) in [7, 11) is 8.81. The van der Waals surface area contributed by atoms with Gasteiger partial charge in [-0.1, -0.05) is 54.6 Å². The molecule has 1 heterocycles. The maximum absolute atomic E-state index is 12.1. The highest BCUT2D eigenvalue weighted by molar-refractivity contribution is 5.37. The van der Waals surface area contributed by atoms with Crippen molar-refractivity contribution in [2.75, 3.05) is 35.4 Å². The van der Waals surface area contributed by atoms with Crippen molar-refractivity contribution in [2.24, 2.45) is 0 Å². The van der Waals surface area contributed by atoms with E-state index in [-0.39, 0.29) is 17.3 Å². The zero-order chi connectivity index (χ0) is 27.0. The molecule has 1 aliphatic rings. The van der Waals surface area contributed by atoms with Crippen molar-refractivity contribution in [3.63, 3.8) is 0 Å². The van der Waals surface area contributed by atoms with Gasteiger partial charge in [0.15, 0.2) is 11.3 Å². The normalized spacial score (nSPS) is 17.7. The van der Waals surface area contributed by atoms with Gasteiger partial charge in [-0.15, -0.1) is 0 Å². The molecule has 8 heteroatoms. The van der Waals surface area contributed by atoms with Gasteiger partial charge in [-0.2, -0.15) is 5.26 Å². The van der Waals surface area contributed by atoms with Crippen LogP contribution in [0.4, 0.5) is 0 Å². The molecule has 0 aliphatic heterocycles. The maximum atomic E-state index is 12.1. The Morgan fingerprint density at radius 1 is 1.00 bits per heavy atom. The topological polar surface area (TPSA) is 119 Å². The molecule has 8 nitrogen and oxygen atoms in total. The number of hydrogen-bond donors (Lipinski definition) is 3. The van der Waals surface area contributed by atoms with Gasteiger partial charge in [0.05, 0.1) is 37.5 Å². The number of nitrogens with one attached hydrogen (secondary N) is 1. The molecule has 1 fully saturated rings. The van der Waals surface area contributed by atoms with Crippen LogP contribution in [0.25, 0.3) is 0 Å². The molecule has 1 saturated carbocycles. The van der Waals surface area contributed by atoms with E-state index in [1.54, 1.807) is 12.1 Å². The SMILES string of the molecule is CN(C)C.COc1cc(=O)c([C@@]2(O)CCC[C@@H]2O)c(OC)[nH]1.N#Cc1ccccc1.c1ccccc1. The van der Waals surface area contributed by atoms with Gasteiger partial charge in [0.25, 0.3) is 0 Å². The number of benzene rings is 2. The first kappa shape index (κ1) is 30.4. The smallest absolute Gasteiger partial charge is 0.203 e.